The zero-order valence-corrected chi connectivity index (χ0v) is 14.4. The van der Waals surface area contributed by atoms with Crippen LogP contribution < -0.4 is 10.6 Å². The van der Waals surface area contributed by atoms with Gasteiger partial charge in [0.25, 0.3) is 0 Å². The molecule has 2 aromatic heterocycles. The van der Waals surface area contributed by atoms with Gasteiger partial charge in [0.1, 0.15) is 11.9 Å². The van der Waals surface area contributed by atoms with E-state index >= 15 is 0 Å². The van der Waals surface area contributed by atoms with Crippen molar-refractivity contribution >= 4 is 23.3 Å². The van der Waals surface area contributed by atoms with Gasteiger partial charge in [-0.3, -0.25) is 4.79 Å². The number of ether oxygens (including phenoxy) is 1. The van der Waals surface area contributed by atoms with E-state index in [-0.39, 0.29) is 12.3 Å². The Kier molecular flexibility index (Phi) is 5.38. The quantitative estimate of drug-likeness (QED) is 0.818. The number of hydrogen-bond acceptors (Lipinski definition) is 5. The van der Waals surface area contributed by atoms with Gasteiger partial charge >= 0.3 is 6.09 Å². The lowest BCUT2D eigenvalue weighted by Gasteiger charge is -2.19. The minimum Gasteiger partial charge on any atom is -0.444 e. The van der Waals surface area contributed by atoms with E-state index in [0.717, 1.165) is 5.56 Å². The molecule has 0 aliphatic heterocycles. The third kappa shape index (κ3) is 4.94. The Morgan fingerprint density at radius 1 is 1.33 bits per heavy atom. The predicted molar refractivity (Wildman–Crippen MR) is 89.8 cm³/mol. The Bertz CT molecular complexity index is 733. The zero-order valence-electron chi connectivity index (χ0n) is 14.4. The van der Waals surface area contributed by atoms with Gasteiger partial charge in [-0.25, -0.2) is 14.3 Å². The number of nitrogens with zero attached hydrogens (tertiary/aromatic N) is 3. The molecule has 2 amide bonds. The summed E-state index contributed by atoms with van der Waals surface area (Å²) in [5, 5.41) is 9.53. The molecule has 8 nitrogen and oxygen atoms in total. The van der Waals surface area contributed by atoms with Gasteiger partial charge in [-0.15, -0.1) is 0 Å². The van der Waals surface area contributed by atoms with Crippen molar-refractivity contribution in [1.29, 1.82) is 0 Å². The van der Waals surface area contributed by atoms with Gasteiger partial charge in [0.05, 0.1) is 5.69 Å². The third-order valence-electron chi connectivity index (χ3n) is 3.17. The van der Waals surface area contributed by atoms with E-state index < -0.39 is 11.7 Å². The Hall–Kier alpha value is -2.64. The maximum Gasteiger partial charge on any atom is 0.407 e. The molecule has 0 spiro atoms. The highest BCUT2D eigenvalue weighted by molar-refractivity contribution is 5.95. The fourth-order valence-corrected chi connectivity index (χ4v) is 2.09. The predicted octanol–water partition coefficient (Wildman–Crippen LogP) is 2.28. The maximum atomic E-state index is 12.1. The van der Waals surface area contributed by atoms with Crippen LogP contribution in [0.1, 0.15) is 39.2 Å². The topological polar surface area (TPSA) is 97.6 Å². The maximum absolute atomic E-state index is 12.1. The van der Waals surface area contributed by atoms with Gasteiger partial charge < -0.3 is 15.4 Å². The fraction of sp³-hybridized carbons (Fsp3) is 0.500. The highest BCUT2D eigenvalue weighted by atomic mass is 16.6. The summed E-state index contributed by atoms with van der Waals surface area (Å²) in [5.74, 6) is -0.139. The number of carbonyl (C=O) groups excluding carboxylic acids is 2. The molecule has 2 rings (SSSR count). The van der Waals surface area contributed by atoms with Crippen molar-refractivity contribution in [2.24, 2.45) is 0 Å². The molecule has 0 fully saturated rings. The summed E-state index contributed by atoms with van der Waals surface area (Å²) in [6.45, 7) is 7.67. The zero-order chi connectivity index (χ0) is 17.7. The first-order valence-corrected chi connectivity index (χ1v) is 7.82. The van der Waals surface area contributed by atoms with Crippen LogP contribution in [0.5, 0.6) is 0 Å². The first kappa shape index (κ1) is 17.7. The second-order valence-corrected chi connectivity index (χ2v) is 6.48. The van der Waals surface area contributed by atoms with E-state index in [2.05, 4.69) is 20.7 Å². The van der Waals surface area contributed by atoms with E-state index in [1.165, 1.54) is 6.33 Å². The molecule has 0 aromatic carbocycles. The molecular formula is C16H23N5O3. The van der Waals surface area contributed by atoms with Crippen LogP contribution in [0.25, 0.3) is 5.65 Å². The van der Waals surface area contributed by atoms with Crippen LogP contribution in [0.2, 0.25) is 0 Å². The van der Waals surface area contributed by atoms with Crippen LogP contribution >= 0.6 is 0 Å². The van der Waals surface area contributed by atoms with Gasteiger partial charge in [0, 0.05) is 19.2 Å². The Labute approximate surface area is 140 Å². The number of rotatable bonds is 5. The molecule has 2 N–H and O–H groups in total. The second kappa shape index (κ2) is 7.29. The van der Waals surface area contributed by atoms with Crippen molar-refractivity contribution in [2.45, 2.75) is 46.1 Å². The standard InChI is InChI=1S/C16H23N5O3/c1-11-7-9-21-14(18-10-19-21)13(11)20-12(22)6-5-8-17-15(23)24-16(2,3)4/h7,9-10H,5-6,8H2,1-4H3,(H,17,23)(H,20,22). The summed E-state index contributed by atoms with van der Waals surface area (Å²) in [7, 11) is 0. The number of amides is 2. The van der Waals surface area contributed by atoms with Crippen molar-refractivity contribution in [1.82, 2.24) is 19.9 Å². The average Bonchev–Trinajstić information content (AvgIpc) is 2.93. The lowest BCUT2D eigenvalue weighted by atomic mass is 10.2. The molecule has 2 heterocycles. The molecule has 0 aliphatic rings. The minimum atomic E-state index is -0.532. The first-order chi connectivity index (χ1) is 11.3. The SMILES string of the molecule is Cc1ccn2ncnc2c1NC(=O)CCCNC(=O)OC(C)(C)C. The fourth-order valence-electron chi connectivity index (χ4n) is 2.09. The number of alkyl carbamates (subject to hydrolysis) is 1. The summed E-state index contributed by atoms with van der Waals surface area (Å²) >= 11 is 0. The number of nitrogens with one attached hydrogen (secondary N) is 2. The van der Waals surface area contributed by atoms with Crippen molar-refractivity contribution in [2.75, 3.05) is 11.9 Å². The summed E-state index contributed by atoms with van der Waals surface area (Å²) in [5.41, 5.74) is 1.64. The minimum absolute atomic E-state index is 0.139. The summed E-state index contributed by atoms with van der Waals surface area (Å²) in [6.07, 6.45) is 3.55. The lowest BCUT2D eigenvalue weighted by molar-refractivity contribution is -0.116. The molecule has 130 valence electrons. The van der Waals surface area contributed by atoms with Gasteiger partial charge in [0.15, 0.2) is 5.65 Å². The van der Waals surface area contributed by atoms with Crippen LogP contribution in [-0.4, -0.2) is 38.7 Å². The normalized spacial score (nSPS) is 11.3. The summed E-state index contributed by atoms with van der Waals surface area (Å²) in [6, 6.07) is 1.86. The van der Waals surface area contributed by atoms with Crippen molar-refractivity contribution in [3.8, 4) is 0 Å². The van der Waals surface area contributed by atoms with E-state index in [0.29, 0.717) is 24.3 Å². The van der Waals surface area contributed by atoms with E-state index in [1.807, 2.05) is 13.0 Å². The van der Waals surface area contributed by atoms with Crippen LogP contribution in [-0.2, 0) is 9.53 Å². The number of aromatic nitrogens is 3. The van der Waals surface area contributed by atoms with Crippen LogP contribution in [0.15, 0.2) is 18.6 Å². The largest absolute Gasteiger partial charge is 0.444 e. The highest BCUT2D eigenvalue weighted by Gasteiger charge is 2.16. The molecule has 0 saturated carbocycles. The van der Waals surface area contributed by atoms with Gasteiger partial charge in [-0.2, -0.15) is 5.10 Å². The van der Waals surface area contributed by atoms with Crippen LogP contribution in [0.3, 0.4) is 0 Å². The Balaban J connectivity index is 1.80. The number of anilines is 1. The Morgan fingerprint density at radius 3 is 2.79 bits per heavy atom. The van der Waals surface area contributed by atoms with Crippen LogP contribution in [0, 0.1) is 6.92 Å². The van der Waals surface area contributed by atoms with E-state index in [9.17, 15) is 9.59 Å². The summed E-state index contributed by atoms with van der Waals surface area (Å²) in [4.78, 5) is 27.7. The van der Waals surface area contributed by atoms with E-state index in [1.54, 1.807) is 31.5 Å². The number of hydrogen-bond donors (Lipinski definition) is 2. The Morgan fingerprint density at radius 2 is 2.08 bits per heavy atom. The smallest absolute Gasteiger partial charge is 0.407 e. The lowest BCUT2D eigenvalue weighted by Crippen LogP contribution is -2.33. The number of pyridine rings is 1. The van der Waals surface area contributed by atoms with Gasteiger partial charge in [-0.1, -0.05) is 0 Å². The second-order valence-electron chi connectivity index (χ2n) is 6.48. The highest BCUT2D eigenvalue weighted by Crippen LogP contribution is 2.19. The monoisotopic (exact) mass is 333 g/mol. The van der Waals surface area contributed by atoms with Crippen molar-refractivity contribution < 1.29 is 14.3 Å². The van der Waals surface area contributed by atoms with Gasteiger partial charge in [-0.05, 0) is 45.7 Å². The molecule has 0 unspecified atom stereocenters. The molecule has 0 saturated heterocycles. The number of fused-ring (bicyclic) bond motifs is 1. The third-order valence-corrected chi connectivity index (χ3v) is 3.17. The van der Waals surface area contributed by atoms with Crippen LogP contribution in [0.4, 0.5) is 10.5 Å². The number of aryl methyl sites for hydroxylation is 1. The van der Waals surface area contributed by atoms with Crippen molar-refractivity contribution in [3.63, 3.8) is 0 Å². The molecule has 24 heavy (non-hydrogen) atoms. The molecule has 0 bridgehead atoms. The van der Waals surface area contributed by atoms with Gasteiger partial charge in [0.2, 0.25) is 5.91 Å². The molecule has 0 radical (unpaired) electrons. The molecule has 0 aliphatic carbocycles. The first-order valence-electron chi connectivity index (χ1n) is 7.82. The molecule has 2 aromatic rings. The molecule has 8 heteroatoms. The molecule has 0 atom stereocenters. The average molecular weight is 333 g/mol. The van der Waals surface area contributed by atoms with Crippen molar-refractivity contribution in [3.05, 3.63) is 24.2 Å². The summed E-state index contributed by atoms with van der Waals surface area (Å²) < 4.78 is 6.73. The van der Waals surface area contributed by atoms with E-state index in [4.69, 9.17) is 4.74 Å². The molecular weight excluding hydrogens is 310 g/mol. The number of carbonyl (C=O) groups is 2.